The Morgan fingerprint density at radius 2 is 2.33 bits per heavy atom. The average molecular weight is 249 g/mol. The largest absolute Gasteiger partial charge is 0.481 e. The summed E-state index contributed by atoms with van der Waals surface area (Å²) in [6.07, 6.45) is 4.69. The molecule has 1 unspecified atom stereocenters. The number of hydrogen-bond acceptors (Lipinski definition) is 5. The summed E-state index contributed by atoms with van der Waals surface area (Å²) >= 11 is 0. The fourth-order valence-corrected chi connectivity index (χ4v) is 1.85. The molecule has 2 rings (SSSR count). The zero-order valence-corrected chi connectivity index (χ0v) is 10.1. The number of carboxylic acids is 1. The van der Waals surface area contributed by atoms with Gasteiger partial charge < -0.3 is 15.4 Å². The van der Waals surface area contributed by atoms with Gasteiger partial charge >= 0.3 is 5.97 Å². The molecule has 7 heteroatoms. The van der Waals surface area contributed by atoms with Gasteiger partial charge in [0.15, 0.2) is 11.5 Å². The zero-order chi connectivity index (χ0) is 13.0. The first kappa shape index (κ1) is 12.3. The highest BCUT2D eigenvalue weighted by molar-refractivity contribution is 5.82. The molecule has 2 heterocycles. The van der Waals surface area contributed by atoms with Crippen LogP contribution in [0.15, 0.2) is 12.7 Å². The molecular formula is C11H15N5O2. The van der Waals surface area contributed by atoms with E-state index < -0.39 is 5.97 Å². The number of aromatic amines is 1. The highest BCUT2D eigenvalue weighted by atomic mass is 16.4. The molecule has 2 aromatic heterocycles. The number of fused-ring (bicyclic) bond motifs is 1. The van der Waals surface area contributed by atoms with Gasteiger partial charge in [-0.25, -0.2) is 15.0 Å². The topological polar surface area (TPSA) is 104 Å². The SMILES string of the molecule is CCCC(CC(=O)O)Nc1ncnc2nc[nH]c12. The van der Waals surface area contributed by atoms with Crippen LogP contribution in [0.1, 0.15) is 26.2 Å². The Bertz CT molecular complexity index is 539. The molecule has 0 aromatic carbocycles. The number of nitrogens with one attached hydrogen (secondary N) is 2. The summed E-state index contributed by atoms with van der Waals surface area (Å²) in [5.41, 5.74) is 1.27. The van der Waals surface area contributed by atoms with Gasteiger partial charge in [0.2, 0.25) is 0 Å². The predicted octanol–water partition coefficient (Wildman–Crippen LogP) is 1.41. The molecule has 0 spiro atoms. The molecule has 0 aliphatic carbocycles. The molecule has 0 saturated carbocycles. The van der Waals surface area contributed by atoms with Crippen LogP contribution >= 0.6 is 0 Å². The van der Waals surface area contributed by atoms with E-state index in [0.29, 0.717) is 17.0 Å². The molecule has 0 aliphatic rings. The minimum atomic E-state index is -0.823. The molecular weight excluding hydrogens is 234 g/mol. The van der Waals surface area contributed by atoms with Gasteiger partial charge in [0.25, 0.3) is 0 Å². The van der Waals surface area contributed by atoms with Crippen molar-refractivity contribution in [3.05, 3.63) is 12.7 Å². The van der Waals surface area contributed by atoms with Crippen LogP contribution in [0.25, 0.3) is 11.2 Å². The lowest BCUT2D eigenvalue weighted by Crippen LogP contribution is -2.23. The predicted molar refractivity (Wildman–Crippen MR) is 66.3 cm³/mol. The smallest absolute Gasteiger partial charge is 0.305 e. The number of H-pyrrole nitrogens is 1. The molecule has 7 nitrogen and oxygen atoms in total. The molecule has 3 N–H and O–H groups in total. The van der Waals surface area contributed by atoms with Gasteiger partial charge in [-0.05, 0) is 6.42 Å². The minimum absolute atomic E-state index is 0.0630. The van der Waals surface area contributed by atoms with E-state index in [0.717, 1.165) is 12.8 Å². The number of carbonyl (C=O) groups is 1. The maximum Gasteiger partial charge on any atom is 0.305 e. The van der Waals surface area contributed by atoms with Crippen LogP contribution in [0, 0.1) is 0 Å². The molecule has 0 radical (unpaired) electrons. The van der Waals surface area contributed by atoms with Gasteiger partial charge in [0.1, 0.15) is 11.8 Å². The van der Waals surface area contributed by atoms with E-state index in [1.54, 1.807) is 0 Å². The van der Waals surface area contributed by atoms with Crippen molar-refractivity contribution in [1.82, 2.24) is 19.9 Å². The van der Waals surface area contributed by atoms with E-state index in [1.807, 2.05) is 6.92 Å². The maximum atomic E-state index is 10.8. The van der Waals surface area contributed by atoms with Crippen molar-refractivity contribution in [2.45, 2.75) is 32.2 Å². The first-order valence-corrected chi connectivity index (χ1v) is 5.83. The van der Waals surface area contributed by atoms with Crippen LogP contribution in [-0.4, -0.2) is 37.1 Å². The maximum absolute atomic E-state index is 10.8. The summed E-state index contributed by atoms with van der Waals surface area (Å²) in [4.78, 5) is 25.9. The van der Waals surface area contributed by atoms with E-state index in [9.17, 15) is 4.79 Å². The lowest BCUT2D eigenvalue weighted by Gasteiger charge is -2.16. The van der Waals surface area contributed by atoms with Crippen molar-refractivity contribution < 1.29 is 9.90 Å². The number of hydrogen-bond donors (Lipinski definition) is 3. The third-order valence-corrected chi connectivity index (χ3v) is 2.62. The van der Waals surface area contributed by atoms with Gasteiger partial charge in [-0.2, -0.15) is 0 Å². The van der Waals surface area contributed by atoms with Crippen LogP contribution in [0.3, 0.4) is 0 Å². The van der Waals surface area contributed by atoms with Crippen molar-refractivity contribution in [3.63, 3.8) is 0 Å². The van der Waals surface area contributed by atoms with Gasteiger partial charge in [0, 0.05) is 6.04 Å². The lowest BCUT2D eigenvalue weighted by atomic mass is 10.1. The molecule has 18 heavy (non-hydrogen) atoms. The summed E-state index contributed by atoms with van der Waals surface area (Å²) in [6.45, 7) is 2.02. The van der Waals surface area contributed by atoms with Gasteiger partial charge in [-0.3, -0.25) is 4.79 Å². The van der Waals surface area contributed by atoms with Crippen LogP contribution in [-0.2, 0) is 4.79 Å². The zero-order valence-electron chi connectivity index (χ0n) is 10.1. The van der Waals surface area contributed by atoms with Crippen molar-refractivity contribution in [3.8, 4) is 0 Å². The van der Waals surface area contributed by atoms with Crippen molar-refractivity contribution in [2.75, 3.05) is 5.32 Å². The third-order valence-electron chi connectivity index (χ3n) is 2.62. The molecule has 2 aromatic rings. The summed E-state index contributed by atoms with van der Waals surface area (Å²) in [6, 6.07) is -0.145. The second kappa shape index (κ2) is 5.44. The highest BCUT2D eigenvalue weighted by Crippen LogP contribution is 2.17. The quantitative estimate of drug-likeness (QED) is 0.715. The molecule has 0 bridgehead atoms. The lowest BCUT2D eigenvalue weighted by molar-refractivity contribution is -0.137. The molecule has 1 atom stereocenters. The fraction of sp³-hybridized carbons (Fsp3) is 0.455. The Labute approximate surface area is 104 Å². The Hall–Kier alpha value is -2.18. The normalized spacial score (nSPS) is 12.5. The van der Waals surface area contributed by atoms with Crippen LogP contribution < -0.4 is 5.32 Å². The molecule has 0 aliphatic heterocycles. The van der Waals surface area contributed by atoms with Crippen molar-refractivity contribution in [2.24, 2.45) is 0 Å². The first-order valence-electron chi connectivity index (χ1n) is 5.83. The van der Waals surface area contributed by atoms with E-state index in [-0.39, 0.29) is 12.5 Å². The number of rotatable bonds is 6. The Kier molecular flexibility index (Phi) is 3.71. The summed E-state index contributed by atoms with van der Waals surface area (Å²) in [5.74, 6) is -0.229. The minimum Gasteiger partial charge on any atom is -0.481 e. The Morgan fingerprint density at radius 1 is 1.50 bits per heavy atom. The Morgan fingerprint density at radius 3 is 3.06 bits per heavy atom. The van der Waals surface area contributed by atoms with Gasteiger partial charge in [-0.15, -0.1) is 0 Å². The standard InChI is InChI=1S/C11H15N5O2/c1-2-3-7(4-8(17)18)16-11-9-10(13-5-12-9)14-6-15-11/h5-7H,2-4H2,1H3,(H,17,18)(H2,12,13,14,15,16). The van der Waals surface area contributed by atoms with E-state index in [1.165, 1.54) is 12.7 Å². The number of aromatic nitrogens is 4. The van der Waals surface area contributed by atoms with Crippen molar-refractivity contribution >= 4 is 23.0 Å². The Balaban J connectivity index is 2.19. The number of aliphatic carboxylic acids is 1. The van der Waals surface area contributed by atoms with Gasteiger partial charge in [0.05, 0.1) is 12.7 Å². The second-order valence-corrected chi connectivity index (χ2v) is 4.05. The van der Waals surface area contributed by atoms with Crippen LogP contribution in [0.4, 0.5) is 5.82 Å². The monoisotopic (exact) mass is 249 g/mol. The van der Waals surface area contributed by atoms with E-state index in [4.69, 9.17) is 5.11 Å². The molecule has 96 valence electrons. The van der Waals surface area contributed by atoms with Crippen LogP contribution in [0.5, 0.6) is 0 Å². The first-order chi connectivity index (χ1) is 8.70. The highest BCUT2D eigenvalue weighted by Gasteiger charge is 2.15. The third kappa shape index (κ3) is 2.73. The summed E-state index contributed by atoms with van der Waals surface area (Å²) < 4.78 is 0. The second-order valence-electron chi connectivity index (χ2n) is 4.05. The van der Waals surface area contributed by atoms with Crippen molar-refractivity contribution in [1.29, 1.82) is 0 Å². The average Bonchev–Trinajstić information content (AvgIpc) is 2.77. The van der Waals surface area contributed by atoms with Gasteiger partial charge in [-0.1, -0.05) is 13.3 Å². The van der Waals surface area contributed by atoms with Crippen LogP contribution in [0.2, 0.25) is 0 Å². The molecule has 0 fully saturated rings. The number of carboxylic acid groups (broad SMARTS) is 1. The summed E-state index contributed by atoms with van der Waals surface area (Å²) in [7, 11) is 0. The fourth-order valence-electron chi connectivity index (χ4n) is 1.85. The molecule has 0 saturated heterocycles. The number of imidazole rings is 1. The number of nitrogens with zero attached hydrogens (tertiary/aromatic N) is 3. The van der Waals surface area contributed by atoms with E-state index in [2.05, 4.69) is 25.3 Å². The van der Waals surface area contributed by atoms with E-state index >= 15 is 0 Å². The number of anilines is 1. The molecule has 0 amide bonds. The summed E-state index contributed by atoms with van der Waals surface area (Å²) in [5, 5.41) is 12.0.